The van der Waals surface area contributed by atoms with E-state index in [0.717, 1.165) is 12.0 Å². The van der Waals surface area contributed by atoms with Crippen molar-refractivity contribution in [2.24, 2.45) is 0 Å². The third kappa shape index (κ3) is 2.89. The lowest BCUT2D eigenvalue weighted by molar-refractivity contribution is 0.473. The highest BCUT2D eigenvalue weighted by molar-refractivity contribution is 5.49. The summed E-state index contributed by atoms with van der Waals surface area (Å²) in [6.45, 7) is 2.12. The predicted molar refractivity (Wildman–Crippen MR) is 69.9 cm³/mol. The summed E-state index contributed by atoms with van der Waals surface area (Å²) in [6, 6.07) is 15.3. The summed E-state index contributed by atoms with van der Waals surface area (Å²) in [5.41, 5.74) is 2.91. The zero-order valence-corrected chi connectivity index (χ0v) is 9.77. The van der Waals surface area contributed by atoms with Crippen LogP contribution in [0.3, 0.4) is 0 Å². The third-order valence-corrected chi connectivity index (χ3v) is 2.58. The molecule has 0 amide bonds. The van der Waals surface area contributed by atoms with Crippen LogP contribution < -0.4 is 0 Å². The first kappa shape index (κ1) is 11.3. The van der Waals surface area contributed by atoms with Crippen LogP contribution >= 0.6 is 0 Å². The molecule has 0 radical (unpaired) electrons. The number of hydrogen-bond donors (Lipinski definition) is 1. The molecule has 1 N–H and O–H groups in total. The molecule has 1 heteroatoms. The monoisotopic (exact) mass is 222 g/mol. The number of phenolic OH excluding ortho intramolecular Hbond substituents is 1. The maximum absolute atomic E-state index is 9.59. The minimum atomic E-state index is 0.228. The summed E-state index contributed by atoms with van der Waals surface area (Å²) in [5, 5.41) is 9.59. The molecule has 0 saturated carbocycles. The molecule has 0 atom stereocenters. The van der Waals surface area contributed by atoms with Crippen LogP contribution in [-0.4, -0.2) is 5.11 Å². The van der Waals surface area contributed by atoms with Gasteiger partial charge in [-0.15, -0.1) is 0 Å². The van der Waals surface area contributed by atoms with Crippen LogP contribution in [0.5, 0.6) is 5.75 Å². The number of rotatable bonds is 1. The Morgan fingerprint density at radius 3 is 2.59 bits per heavy atom. The van der Waals surface area contributed by atoms with Crippen molar-refractivity contribution >= 4 is 0 Å². The highest BCUT2D eigenvalue weighted by Crippen LogP contribution is 2.14. The molecule has 2 rings (SSSR count). The fraction of sp³-hybridized carbons (Fsp3) is 0.125. The standard InChI is InChI=1S/C16H14O/c1-2-13-6-5-7-14(12-13)10-11-15-8-3-4-9-16(15)17/h3-9,12,17H,2H2,1H3. The molecule has 17 heavy (non-hydrogen) atoms. The Morgan fingerprint density at radius 1 is 1.00 bits per heavy atom. The molecule has 0 heterocycles. The normalized spacial score (nSPS) is 9.47. The van der Waals surface area contributed by atoms with E-state index in [9.17, 15) is 5.11 Å². The van der Waals surface area contributed by atoms with Gasteiger partial charge < -0.3 is 5.11 Å². The Hall–Kier alpha value is -2.20. The van der Waals surface area contributed by atoms with Crippen molar-refractivity contribution in [1.82, 2.24) is 0 Å². The Morgan fingerprint density at radius 2 is 1.82 bits per heavy atom. The topological polar surface area (TPSA) is 20.2 Å². The lowest BCUT2D eigenvalue weighted by atomic mass is 10.1. The summed E-state index contributed by atoms with van der Waals surface area (Å²) >= 11 is 0. The second kappa shape index (κ2) is 5.23. The van der Waals surface area contributed by atoms with Gasteiger partial charge in [-0.3, -0.25) is 0 Å². The fourth-order valence-corrected chi connectivity index (χ4v) is 1.59. The Balaban J connectivity index is 2.30. The fourth-order valence-electron chi connectivity index (χ4n) is 1.59. The molecule has 0 spiro atoms. The van der Waals surface area contributed by atoms with E-state index in [1.54, 1.807) is 12.1 Å². The van der Waals surface area contributed by atoms with Crippen molar-refractivity contribution in [3.8, 4) is 17.6 Å². The van der Waals surface area contributed by atoms with E-state index in [-0.39, 0.29) is 5.75 Å². The molecule has 0 aliphatic heterocycles. The van der Waals surface area contributed by atoms with E-state index in [4.69, 9.17) is 0 Å². The van der Waals surface area contributed by atoms with Gasteiger partial charge in [-0.25, -0.2) is 0 Å². The summed E-state index contributed by atoms with van der Waals surface area (Å²) in [7, 11) is 0. The molecule has 2 aromatic carbocycles. The van der Waals surface area contributed by atoms with Crippen LogP contribution in [0.4, 0.5) is 0 Å². The van der Waals surface area contributed by atoms with E-state index in [1.165, 1.54) is 5.56 Å². The lowest BCUT2D eigenvalue weighted by Gasteiger charge is -1.97. The maximum Gasteiger partial charge on any atom is 0.131 e. The van der Waals surface area contributed by atoms with Gasteiger partial charge >= 0.3 is 0 Å². The third-order valence-electron chi connectivity index (χ3n) is 2.58. The van der Waals surface area contributed by atoms with Crippen LogP contribution in [0.2, 0.25) is 0 Å². The highest BCUT2D eigenvalue weighted by atomic mass is 16.3. The first-order valence-electron chi connectivity index (χ1n) is 5.68. The van der Waals surface area contributed by atoms with Gasteiger partial charge in [0.2, 0.25) is 0 Å². The molecule has 1 nitrogen and oxygen atoms in total. The van der Waals surface area contributed by atoms with E-state index in [0.29, 0.717) is 5.56 Å². The Labute approximate surface area is 102 Å². The van der Waals surface area contributed by atoms with E-state index < -0.39 is 0 Å². The van der Waals surface area contributed by atoms with Crippen molar-refractivity contribution in [3.05, 3.63) is 65.2 Å². The van der Waals surface area contributed by atoms with E-state index >= 15 is 0 Å². The molecule has 0 unspecified atom stereocenters. The maximum atomic E-state index is 9.59. The van der Waals surface area contributed by atoms with Gasteiger partial charge in [-0.1, -0.05) is 43.0 Å². The first-order chi connectivity index (χ1) is 8.29. The van der Waals surface area contributed by atoms with Gasteiger partial charge in [0, 0.05) is 5.56 Å². The smallest absolute Gasteiger partial charge is 0.131 e. The zero-order chi connectivity index (χ0) is 12.1. The Kier molecular flexibility index (Phi) is 3.47. The zero-order valence-electron chi connectivity index (χ0n) is 9.77. The molecule has 84 valence electrons. The minimum Gasteiger partial charge on any atom is -0.507 e. The van der Waals surface area contributed by atoms with Gasteiger partial charge in [-0.05, 0) is 36.2 Å². The predicted octanol–water partition coefficient (Wildman–Crippen LogP) is 3.35. The molecule has 0 aromatic heterocycles. The molecule has 0 aliphatic rings. The van der Waals surface area contributed by atoms with Crippen molar-refractivity contribution in [2.45, 2.75) is 13.3 Å². The van der Waals surface area contributed by atoms with Crippen molar-refractivity contribution in [1.29, 1.82) is 0 Å². The number of hydrogen-bond acceptors (Lipinski definition) is 1. The summed E-state index contributed by atoms with van der Waals surface area (Å²) in [6.07, 6.45) is 1.01. The Bertz CT molecular complexity index is 573. The van der Waals surface area contributed by atoms with Crippen molar-refractivity contribution < 1.29 is 5.11 Å². The lowest BCUT2D eigenvalue weighted by Crippen LogP contribution is -1.81. The van der Waals surface area contributed by atoms with Crippen LogP contribution in [0.1, 0.15) is 23.6 Å². The number of phenols is 1. The molecular weight excluding hydrogens is 208 g/mol. The molecule has 0 bridgehead atoms. The molecule has 0 fully saturated rings. The first-order valence-corrected chi connectivity index (χ1v) is 5.68. The number of aryl methyl sites for hydroxylation is 1. The van der Waals surface area contributed by atoms with Crippen molar-refractivity contribution in [2.75, 3.05) is 0 Å². The van der Waals surface area contributed by atoms with E-state index in [2.05, 4.69) is 30.9 Å². The van der Waals surface area contributed by atoms with Gasteiger partial charge in [-0.2, -0.15) is 0 Å². The largest absolute Gasteiger partial charge is 0.507 e. The molecule has 0 aliphatic carbocycles. The number of para-hydroxylation sites is 1. The average molecular weight is 222 g/mol. The molecular formula is C16H14O. The van der Waals surface area contributed by atoms with Gasteiger partial charge in [0.1, 0.15) is 5.75 Å². The van der Waals surface area contributed by atoms with Crippen LogP contribution in [-0.2, 0) is 6.42 Å². The number of benzene rings is 2. The SMILES string of the molecule is CCc1cccc(C#Cc2ccccc2O)c1. The minimum absolute atomic E-state index is 0.228. The summed E-state index contributed by atoms with van der Waals surface area (Å²) in [4.78, 5) is 0. The highest BCUT2D eigenvalue weighted by Gasteiger charge is 1.94. The van der Waals surface area contributed by atoms with Gasteiger partial charge in [0.15, 0.2) is 0 Å². The quantitative estimate of drug-likeness (QED) is 0.733. The second-order valence-corrected chi connectivity index (χ2v) is 3.82. The van der Waals surface area contributed by atoms with Gasteiger partial charge in [0.05, 0.1) is 5.56 Å². The summed E-state index contributed by atoms with van der Waals surface area (Å²) < 4.78 is 0. The van der Waals surface area contributed by atoms with Crippen LogP contribution in [0.25, 0.3) is 0 Å². The van der Waals surface area contributed by atoms with Crippen LogP contribution in [0, 0.1) is 11.8 Å². The van der Waals surface area contributed by atoms with Crippen LogP contribution in [0.15, 0.2) is 48.5 Å². The second-order valence-electron chi connectivity index (χ2n) is 3.82. The molecule has 2 aromatic rings. The van der Waals surface area contributed by atoms with E-state index in [1.807, 2.05) is 24.3 Å². The van der Waals surface area contributed by atoms with Crippen molar-refractivity contribution in [3.63, 3.8) is 0 Å². The van der Waals surface area contributed by atoms with Gasteiger partial charge in [0.25, 0.3) is 0 Å². The average Bonchev–Trinajstić information content (AvgIpc) is 2.38. The number of aromatic hydroxyl groups is 1. The molecule has 0 saturated heterocycles. The summed E-state index contributed by atoms with van der Waals surface area (Å²) in [5.74, 6) is 6.28.